The van der Waals surface area contributed by atoms with Gasteiger partial charge >= 0.3 is 0 Å². The van der Waals surface area contributed by atoms with Crippen molar-refractivity contribution >= 4 is 5.96 Å². The van der Waals surface area contributed by atoms with Crippen molar-refractivity contribution in [2.24, 2.45) is 22.4 Å². The number of nitrogens with two attached hydrogens (primary N) is 2. The molecule has 5 N–H and O–H groups in total. The predicted molar refractivity (Wildman–Crippen MR) is 50.8 cm³/mol. The van der Waals surface area contributed by atoms with Crippen LogP contribution < -0.4 is 11.5 Å². The molecule has 0 fully saturated rings. The fourth-order valence-corrected chi connectivity index (χ4v) is 1.01. The minimum absolute atomic E-state index is 0.145. The van der Waals surface area contributed by atoms with E-state index >= 15 is 0 Å². The zero-order valence-corrected chi connectivity index (χ0v) is 7.66. The van der Waals surface area contributed by atoms with E-state index in [0.717, 1.165) is 19.3 Å². The molecule has 0 saturated carbocycles. The molecule has 72 valence electrons. The average molecular weight is 173 g/mol. The van der Waals surface area contributed by atoms with E-state index in [1.54, 1.807) is 0 Å². The van der Waals surface area contributed by atoms with Gasteiger partial charge in [-0.05, 0) is 18.8 Å². The molecule has 12 heavy (non-hydrogen) atoms. The molecule has 0 aliphatic carbocycles. The maximum Gasteiger partial charge on any atom is 0.185 e. The lowest BCUT2D eigenvalue weighted by molar-refractivity contribution is 0.213. The Morgan fingerprint density at radius 3 is 2.58 bits per heavy atom. The molecule has 1 atom stereocenters. The monoisotopic (exact) mass is 173 g/mol. The first kappa shape index (κ1) is 11.2. The molecule has 0 aliphatic rings. The van der Waals surface area contributed by atoms with E-state index in [1.807, 2.05) is 0 Å². The zero-order chi connectivity index (χ0) is 9.40. The van der Waals surface area contributed by atoms with Crippen molar-refractivity contribution in [2.45, 2.75) is 26.2 Å². The molecule has 4 heteroatoms. The summed E-state index contributed by atoms with van der Waals surface area (Å²) in [7, 11) is 0. The van der Waals surface area contributed by atoms with E-state index in [-0.39, 0.29) is 12.6 Å². The Morgan fingerprint density at radius 1 is 1.50 bits per heavy atom. The summed E-state index contributed by atoms with van der Waals surface area (Å²) >= 11 is 0. The first-order chi connectivity index (χ1) is 5.70. The minimum atomic E-state index is 0.145. The Hall–Kier alpha value is -0.770. The molecule has 0 aromatic rings. The molecule has 0 amide bonds. The van der Waals surface area contributed by atoms with Crippen molar-refractivity contribution in [1.29, 1.82) is 0 Å². The summed E-state index contributed by atoms with van der Waals surface area (Å²) in [4.78, 5) is 3.86. The SMILES string of the molecule is CCC(CO)CCCN=C(N)N. The Labute approximate surface area is 73.7 Å². The van der Waals surface area contributed by atoms with Crippen LogP contribution in [0.15, 0.2) is 4.99 Å². The van der Waals surface area contributed by atoms with Gasteiger partial charge in [-0.25, -0.2) is 0 Å². The van der Waals surface area contributed by atoms with Crippen molar-refractivity contribution < 1.29 is 5.11 Å². The average Bonchev–Trinajstić information content (AvgIpc) is 2.04. The quantitative estimate of drug-likeness (QED) is 0.301. The molecule has 4 nitrogen and oxygen atoms in total. The normalized spacial score (nSPS) is 12.5. The van der Waals surface area contributed by atoms with E-state index in [9.17, 15) is 0 Å². The van der Waals surface area contributed by atoms with E-state index in [0.29, 0.717) is 12.5 Å². The summed E-state index contributed by atoms with van der Waals surface area (Å²) in [6, 6.07) is 0. The molecular formula is C8H19N3O. The molecule has 0 radical (unpaired) electrons. The standard InChI is InChI=1S/C8H19N3O/c1-2-7(6-12)4-3-5-11-8(9)10/h7,12H,2-6H2,1H3,(H4,9,10,11). The van der Waals surface area contributed by atoms with Crippen LogP contribution in [0.25, 0.3) is 0 Å². The van der Waals surface area contributed by atoms with Gasteiger partial charge in [0.25, 0.3) is 0 Å². The van der Waals surface area contributed by atoms with Gasteiger partial charge in [0.2, 0.25) is 0 Å². The van der Waals surface area contributed by atoms with Crippen LogP contribution in [0, 0.1) is 5.92 Å². The molecule has 0 spiro atoms. The maximum atomic E-state index is 8.85. The van der Waals surface area contributed by atoms with Gasteiger partial charge in [0.05, 0.1) is 0 Å². The van der Waals surface area contributed by atoms with Gasteiger partial charge in [0.15, 0.2) is 5.96 Å². The lowest BCUT2D eigenvalue weighted by Gasteiger charge is -2.09. The highest BCUT2D eigenvalue weighted by atomic mass is 16.3. The Bertz CT molecular complexity index is 128. The summed E-state index contributed by atoms with van der Waals surface area (Å²) in [5.41, 5.74) is 10.3. The number of hydrogen-bond acceptors (Lipinski definition) is 2. The van der Waals surface area contributed by atoms with Gasteiger partial charge in [-0.15, -0.1) is 0 Å². The largest absolute Gasteiger partial charge is 0.396 e. The smallest absolute Gasteiger partial charge is 0.185 e. The highest BCUT2D eigenvalue weighted by molar-refractivity contribution is 5.75. The summed E-state index contributed by atoms with van der Waals surface area (Å²) < 4.78 is 0. The Balaban J connectivity index is 3.35. The van der Waals surface area contributed by atoms with Gasteiger partial charge in [0, 0.05) is 13.2 Å². The van der Waals surface area contributed by atoms with Crippen LogP contribution in [0.3, 0.4) is 0 Å². The van der Waals surface area contributed by atoms with Crippen molar-refractivity contribution in [2.75, 3.05) is 13.2 Å². The second-order valence-corrected chi connectivity index (χ2v) is 2.91. The van der Waals surface area contributed by atoms with E-state index < -0.39 is 0 Å². The summed E-state index contributed by atoms with van der Waals surface area (Å²) in [6.07, 6.45) is 2.94. The van der Waals surface area contributed by atoms with Crippen molar-refractivity contribution in [3.05, 3.63) is 0 Å². The van der Waals surface area contributed by atoms with Crippen LogP contribution in [0.1, 0.15) is 26.2 Å². The van der Waals surface area contributed by atoms with Crippen LogP contribution in [0.2, 0.25) is 0 Å². The number of nitrogens with zero attached hydrogens (tertiary/aromatic N) is 1. The Kier molecular flexibility index (Phi) is 6.47. The number of aliphatic hydroxyl groups excluding tert-OH is 1. The number of hydrogen-bond donors (Lipinski definition) is 3. The van der Waals surface area contributed by atoms with Crippen LogP contribution in [0.5, 0.6) is 0 Å². The molecule has 0 bridgehead atoms. The summed E-state index contributed by atoms with van der Waals surface area (Å²) in [6.45, 7) is 3.00. The number of aliphatic imine (C=N–C) groups is 1. The Morgan fingerprint density at radius 2 is 2.17 bits per heavy atom. The second-order valence-electron chi connectivity index (χ2n) is 2.91. The summed E-state index contributed by atoms with van der Waals surface area (Å²) in [5, 5.41) is 8.85. The molecular weight excluding hydrogens is 154 g/mol. The van der Waals surface area contributed by atoms with Gasteiger partial charge in [-0.1, -0.05) is 13.3 Å². The number of guanidine groups is 1. The third kappa shape index (κ3) is 5.97. The predicted octanol–water partition coefficient (Wildman–Crippen LogP) is 0.0585. The van der Waals surface area contributed by atoms with Crippen molar-refractivity contribution in [3.63, 3.8) is 0 Å². The topological polar surface area (TPSA) is 84.6 Å². The van der Waals surface area contributed by atoms with E-state index in [4.69, 9.17) is 16.6 Å². The van der Waals surface area contributed by atoms with Gasteiger partial charge in [-0.2, -0.15) is 0 Å². The van der Waals surface area contributed by atoms with Crippen LogP contribution in [-0.4, -0.2) is 24.2 Å². The fraction of sp³-hybridized carbons (Fsp3) is 0.875. The zero-order valence-electron chi connectivity index (χ0n) is 7.66. The van der Waals surface area contributed by atoms with Crippen molar-refractivity contribution in [3.8, 4) is 0 Å². The molecule has 0 aromatic heterocycles. The van der Waals surface area contributed by atoms with Gasteiger partial charge < -0.3 is 16.6 Å². The second kappa shape index (κ2) is 6.91. The fourth-order valence-electron chi connectivity index (χ4n) is 1.01. The molecule has 0 aromatic carbocycles. The van der Waals surface area contributed by atoms with Gasteiger partial charge in [-0.3, -0.25) is 4.99 Å². The summed E-state index contributed by atoms with van der Waals surface area (Å²) in [5.74, 6) is 0.547. The molecule has 1 unspecified atom stereocenters. The van der Waals surface area contributed by atoms with E-state index in [2.05, 4.69) is 11.9 Å². The van der Waals surface area contributed by atoms with E-state index in [1.165, 1.54) is 0 Å². The molecule has 0 aliphatic heterocycles. The van der Waals surface area contributed by atoms with Crippen molar-refractivity contribution in [1.82, 2.24) is 0 Å². The third-order valence-corrected chi connectivity index (χ3v) is 1.90. The molecule has 0 heterocycles. The van der Waals surface area contributed by atoms with Gasteiger partial charge in [0.1, 0.15) is 0 Å². The first-order valence-corrected chi connectivity index (χ1v) is 4.37. The number of aliphatic hydroxyl groups is 1. The third-order valence-electron chi connectivity index (χ3n) is 1.90. The number of rotatable bonds is 6. The van der Waals surface area contributed by atoms with Crippen LogP contribution >= 0.6 is 0 Å². The molecule has 0 rings (SSSR count). The maximum absolute atomic E-state index is 8.85. The lowest BCUT2D eigenvalue weighted by atomic mass is 10.0. The highest BCUT2D eigenvalue weighted by Gasteiger charge is 2.02. The highest BCUT2D eigenvalue weighted by Crippen LogP contribution is 2.09. The minimum Gasteiger partial charge on any atom is -0.396 e. The molecule has 0 saturated heterocycles. The lowest BCUT2D eigenvalue weighted by Crippen LogP contribution is -2.23. The van der Waals surface area contributed by atoms with Crippen LogP contribution in [0.4, 0.5) is 0 Å². The van der Waals surface area contributed by atoms with Crippen LogP contribution in [-0.2, 0) is 0 Å². The first-order valence-electron chi connectivity index (χ1n) is 4.37.